The van der Waals surface area contributed by atoms with Crippen LogP contribution in [0.5, 0.6) is 5.75 Å². The summed E-state index contributed by atoms with van der Waals surface area (Å²) in [5, 5.41) is 0. The number of carbonyl (C=O) groups is 1. The van der Waals surface area contributed by atoms with Crippen LogP contribution in [0.4, 0.5) is 0 Å². The third-order valence-electron chi connectivity index (χ3n) is 3.31. The van der Waals surface area contributed by atoms with Gasteiger partial charge in [-0.25, -0.2) is 4.79 Å². The van der Waals surface area contributed by atoms with Gasteiger partial charge in [0.2, 0.25) is 0 Å². The Labute approximate surface area is 137 Å². The fraction of sp³-hybridized carbons (Fsp3) is 0.250. The van der Waals surface area contributed by atoms with E-state index in [-0.39, 0.29) is 5.97 Å². The van der Waals surface area contributed by atoms with Gasteiger partial charge in [0.25, 0.3) is 0 Å². The topological polar surface area (TPSA) is 35.5 Å². The van der Waals surface area contributed by atoms with Crippen LogP contribution in [0.3, 0.4) is 0 Å². The lowest BCUT2D eigenvalue weighted by Crippen LogP contribution is -2.03. The Kier molecular flexibility index (Phi) is 5.98. The van der Waals surface area contributed by atoms with E-state index in [2.05, 4.69) is 26.0 Å². The molecule has 2 aromatic rings. The summed E-state index contributed by atoms with van der Waals surface area (Å²) in [4.78, 5) is 11.5. The molecule has 0 radical (unpaired) electrons. The number of ether oxygens (including phenoxy) is 2. The Morgan fingerprint density at radius 3 is 2.52 bits per heavy atom. The minimum Gasteiger partial charge on any atom is -0.489 e. The number of allylic oxidation sites excluding steroid dienone is 1. The maximum Gasteiger partial charge on any atom is 0.337 e. The molecule has 0 aliphatic rings. The first-order valence-electron chi connectivity index (χ1n) is 7.67. The second-order valence-corrected chi connectivity index (χ2v) is 5.65. The molecule has 2 aromatic carbocycles. The second kappa shape index (κ2) is 8.18. The zero-order valence-corrected chi connectivity index (χ0v) is 13.8. The van der Waals surface area contributed by atoms with Crippen molar-refractivity contribution in [3.05, 3.63) is 71.3 Å². The molecule has 23 heavy (non-hydrogen) atoms. The van der Waals surface area contributed by atoms with Gasteiger partial charge in [0.1, 0.15) is 12.4 Å². The molecule has 0 spiro atoms. The maximum absolute atomic E-state index is 11.5. The van der Waals surface area contributed by atoms with Gasteiger partial charge in [-0.3, -0.25) is 0 Å². The molecule has 2 rings (SSSR count). The number of hydrogen-bond acceptors (Lipinski definition) is 3. The van der Waals surface area contributed by atoms with E-state index < -0.39 is 0 Å². The average Bonchev–Trinajstić information content (AvgIpc) is 2.58. The number of esters is 1. The smallest absolute Gasteiger partial charge is 0.337 e. The molecule has 0 saturated heterocycles. The molecule has 0 atom stereocenters. The SMILES string of the molecule is COC(=O)c1cccc(COc2ccc(C=CC(C)C)cc2)c1. The first kappa shape index (κ1) is 16.8. The van der Waals surface area contributed by atoms with E-state index in [1.807, 2.05) is 36.4 Å². The second-order valence-electron chi connectivity index (χ2n) is 5.65. The van der Waals surface area contributed by atoms with Gasteiger partial charge in [-0.1, -0.05) is 50.3 Å². The van der Waals surface area contributed by atoms with Crippen LogP contribution in [0.1, 0.15) is 35.3 Å². The highest BCUT2D eigenvalue weighted by atomic mass is 16.5. The van der Waals surface area contributed by atoms with Crippen molar-refractivity contribution < 1.29 is 14.3 Å². The Hall–Kier alpha value is -2.55. The summed E-state index contributed by atoms with van der Waals surface area (Å²) in [5.41, 5.74) is 2.61. The standard InChI is InChI=1S/C20H22O3/c1-15(2)7-8-16-9-11-19(12-10-16)23-14-17-5-4-6-18(13-17)20(21)22-3/h4-13,15H,14H2,1-3H3. The van der Waals surface area contributed by atoms with Crippen LogP contribution in [-0.2, 0) is 11.3 Å². The third-order valence-corrected chi connectivity index (χ3v) is 3.31. The predicted octanol–water partition coefficient (Wildman–Crippen LogP) is 4.72. The van der Waals surface area contributed by atoms with Gasteiger partial charge in [-0.2, -0.15) is 0 Å². The van der Waals surface area contributed by atoms with Crippen LogP contribution in [0.15, 0.2) is 54.6 Å². The van der Waals surface area contributed by atoms with Crippen molar-refractivity contribution in [2.75, 3.05) is 7.11 Å². The molecule has 3 heteroatoms. The molecule has 0 aliphatic carbocycles. The Morgan fingerprint density at radius 2 is 1.87 bits per heavy atom. The van der Waals surface area contributed by atoms with Crippen molar-refractivity contribution in [1.29, 1.82) is 0 Å². The molecule has 0 saturated carbocycles. The van der Waals surface area contributed by atoms with E-state index >= 15 is 0 Å². The van der Waals surface area contributed by atoms with Crippen molar-refractivity contribution in [3.8, 4) is 5.75 Å². The van der Waals surface area contributed by atoms with Gasteiger partial charge in [-0.05, 0) is 41.3 Å². The Bertz CT molecular complexity index is 670. The normalized spacial score (nSPS) is 11.0. The summed E-state index contributed by atoms with van der Waals surface area (Å²) >= 11 is 0. The van der Waals surface area contributed by atoms with Crippen LogP contribution >= 0.6 is 0 Å². The quantitative estimate of drug-likeness (QED) is 0.724. The highest BCUT2D eigenvalue weighted by Crippen LogP contribution is 2.16. The number of carbonyl (C=O) groups excluding carboxylic acids is 1. The zero-order valence-electron chi connectivity index (χ0n) is 13.8. The summed E-state index contributed by atoms with van der Waals surface area (Å²) in [7, 11) is 1.38. The molecule has 0 aliphatic heterocycles. The molecule has 0 amide bonds. The monoisotopic (exact) mass is 310 g/mol. The van der Waals surface area contributed by atoms with Crippen molar-refractivity contribution in [1.82, 2.24) is 0 Å². The van der Waals surface area contributed by atoms with Gasteiger partial charge in [-0.15, -0.1) is 0 Å². The Balaban J connectivity index is 1.97. The molecule has 0 heterocycles. The summed E-state index contributed by atoms with van der Waals surface area (Å²) < 4.78 is 10.5. The van der Waals surface area contributed by atoms with Crippen molar-refractivity contribution in [2.24, 2.45) is 5.92 Å². The number of rotatable bonds is 6. The summed E-state index contributed by atoms with van der Waals surface area (Å²) in [5.74, 6) is 0.997. The highest BCUT2D eigenvalue weighted by molar-refractivity contribution is 5.89. The minimum absolute atomic E-state index is 0.340. The average molecular weight is 310 g/mol. The van der Waals surface area contributed by atoms with E-state index in [9.17, 15) is 4.79 Å². The molecule has 3 nitrogen and oxygen atoms in total. The molecule has 0 N–H and O–H groups in total. The van der Waals surface area contributed by atoms with Crippen LogP contribution < -0.4 is 4.74 Å². The maximum atomic E-state index is 11.5. The fourth-order valence-electron chi connectivity index (χ4n) is 2.05. The van der Waals surface area contributed by atoms with Crippen molar-refractivity contribution >= 4 is 12.0 Å². The summed E-state index contributed by atoms with van der Waals surface area (Å²) in [6.07, 6.45) is 4.27. The fourth-order valence-corrected chi connectivity index (χ4v) is 2.05. The van der Waals surface area contributed by atoms with Crippen molar-refractivity contribution in [2.45, 2.75) is 20.5 Å². The van der Waals surface area contributed by atoms with E-state index in [1.54, 1.807) is 12.1 Å². The van der Waals surface area contributed by atoms with Crippen molar-refractivity contribution in [3.63, 3.8) is 0 Å². The number of hydrogen-bond donors (Lipinski definition) is 0. The zero-order chi connectivity index (χ0) is 16.7. The molecule has 120 valence electrons. The largest absolute Gasteiger partial charge is 0.489 e. The van der Waals surface area contributed by atoms with Gasteiger partial charge in [0.15, 0.2) is 0 Å². The summed E-state index contributed by atoms with van der Waals surface area (Å²) in [6, 6.07) is 15.2. The lowest BCUT2D eigenvalue weighted by molar-refractivity contribution is 0.0600. The van der Waals surface area contributed by atoms with E-state index in [4.69, 9.17) is 9.47 Å². The van der Waals surface area contributed by atoms with Gasteiger partial charge in [0.05, 0.1) is 12.7 Å². The highest BCUT2D eigenvalue weighted by Gasteiger charge is 2.05. The number of benzene rings is 2. The number of methoxy groups -OCH3 is 1. The van der Waals surface area contributed by atoms with E-state index in [0.717, 1.165) is 16.9 Å². The molecule has 0 bridgehead atoms. The molecule has 0 aromatic heterocycles. The third kappa shape index (κ3) is 5.29. The lowest BCUT2D eigenvalue weighted by atomic mass is 10.1. The Morgan fingerprint density at radius 1 is 1.13 bits per heavy atom. The first-order valence-corrected chi connectivity index (χ1v) is 7.67. The molecule has 0 fully saturated rings. The van der Waals surface area contributed by atoms with Crippen LogP contribution in [0.2, 0.25) is 0 Å². The van der Waals surface area contributed by atoms with Crippen LogP contribution in [-0.4, -0.2) is 13.1 Å². The minimum atomic E-state index is -0.340. The van der Waals surface area contributed by atoms with E-state index in [1.165, 1.54) is 7.11 Å². The van der Waals surface area contributed by atoms with Crippen LogP contribution in [0.25, 0.3) is 6.08 Å². The first-order chi connectivity index (χ1) is 11.1. The molecular formula is C20H22O3. The van der Waals surface area contributed by atoms with Gasteiger partial charge < -0.3 is 9.47 Å². The van der Waals surface area contributed by atoms with Gasteiger partial charge in [0, 0.05) is 0 Å². The predicted molar refractivity (Wildman–Crippen MR) is 92.4 cm³/mol. The summed E-state index contributed by atoms with van der Waals surface area (Å²) in [6.45, 7) is 4.71. The molecule has 0 unspecified atom stereocenters. The molecular weight excluding hydrogens is 288 g/mol. The van der Waals surface area contributed by atoms with Crippen LogP contribution in [0, 0.1) is 5.92 Å². The lowest BCUT2D eigenvalue weighted by Gasteiger charge is -2.08. The van der Waals surface area contributed by atoms with E-state index in [0.29, 0.717) is 18.1 Å². The van der Waals surface area contributed by atoms with Gasteiger partial charge >= 0.3 is 5.97 Å².